The van der Waals surface area contributed by atoms with E-state index in [1.54, 1.807) is 96.7 Å². The number of aliphatic hydroxyl groups is 1. The molecule has 0 spiro atoms. The van der Waals surface area contributed by atoms with Gasteiger partial charge in [0.05, 0.1) is 37.1 Å². The Hall–Kier alpha value is -7.23. The van der Waals surface area contributed by atoms with Gasteiger partial charge >= 0.3 is 15.6 Å². The number of nitrogens with one attached hydrogen (secondary N) is 2. The van der Waals surface area contributed by atoms with Crippen LogP contribution in [0, 0.1) is 0 Å². The predicted octanol–water partition coefficient (Wildman–Crippen LogP) is 13.4. The monoisotopic (exact) mass is 1390 g/mol. The predicted molar refractivity (Wildman–Crippen MR) is 362 cm³/mol. The number of ether oxygens (including phenoxy) is 4. The number of carbonyl (C=O) groups excluding carboxylic acids is 2. The molecule has 0 radical (unpaired) electrons. The SMILES string of the molecule is CC[C@@]1(C2(O[Si](C)(C)C(C)(C)C)CC2)O[C@@H](n2cnc3c(NC(=O)c4ccccc4)ncnc32)C(O)[C@H]1OCc1ccccc1.CC[C@@]1(C2(O[Si](C)(C)C(C)(C)C)CC2)O[C@@H](n2cnc3c(NC(=O)c4ccccc4)ncnc32)C(OS(=O)(=O)C(F)(F)F)[C@H]1OCc1ccccc1. The van der Waals surface area contributed by atoms with E-state index in [2.05, 4.69) is 115 Å². The van der Waals surface area contributed by atoms with Gasteiger partial charge in [-0.2, -0.15) is 21.6 Å². The van der Waals surface area contributed by atoms with Gasteiger partial charge in [0.1, 0.15) is 42.2 Å². The van der Waals surface area contributed by atoms with Gasteiger partial charge in [0.15, 0.2) is 69.2 Å². The van der Waals surface area contributed by atoms with Gasteiger partial charge in [0.25, 0.3) is 11.8 Å². The second kappa shape index (κ2) is 26.8. The van der Waals surface area contributed by atoms with E-state index in [-0.39, 0.29) is 51.8 Å². The number of hydrogen-bond acceptors (Lipinski definition) is 18. The van der Waals surface area contributed by atoms with Gasteiger partial charge in [-0.15, -0.1) is 0 Å². The number of halogens is 3. The average molecular weight is 1390 g/mol. The van der Waals surface area contributed by atoms with E-state index in [1.165, 1.54) is 17.2 Å². The minimum absolute atomic E-state index is 0.00735. The van der Waals surface area contributed by atoms with Gasteiger partial charge in [0.2, 0.25) is 0 Å². The summed E-state index contributed by atoms with van der Waals surface area (Å²) in [5, 5.41) is 17.4. The van der Waals surface area contributed by atoms with E-state index in [4.69, 9.17) is 32.0 Å². The van der Waals surface area contributed by atoms with Crippen molar-refractivity contribution in [2.75, 3.05) is 10.6 Å². The molecule has 4 aromatic carbocycles. The highest BCUT2D eigenvalue weighted by Crippen LogP contribution is 2.64. The van der Waals surface area contributed by atoms with Crippen molar-refractivity contribution in [3.05, 3.63) is 169 Å². The molecule has 28 heteroatoms. The summed E-state index contributed by atoms with van der Waals surface area (Å²) in [6, 6.07) is 36.2. The largest absolute Gasteiger partial charge is 0.523 e. The molecule has 3 N–H and O–H groups in total. The number of amides is 2. The summed E-state index contributed by atoms with van der Waals surface area (Å²) >= 11 is 0. The summed E-state index contributed by atoms with van der Waals surface area (Å²) < 4.78 is 117. The van der Waals surface area contributed by atoms with Crippen molar-refractivity contribution in [1.29, 1.82) is 0 Å². The van der Waals surface area contributed by atoms with E-state index < -0.39 is 97.4 Å². The highest BCUT2D eigenvalue weighted by Gasteiger charge is 2.75. The molecule has 6 heterocycles. The smallest absolute Gasteiger partial charge is 0.408 e. The first-order valence-electron chi connectivity index (χ1n) is 32.6. The van der Waals surface area contributed by atoms with Crippen LogP contribution in [0.2, 0.25) is 36.3 Å². The summed E-state index contributed by atoms with van der Waals surface area (Å²) in [5.74, 6) is -0.490. The van der Waals surface area contributed by atoms with Crippen LogP contribution in [0.1, 0.15) is 138 Å². The fourth-order valence-corrected chi connectivity index (χ4v) is 16.7. The molecule has 22 nitrogen and oxygen atoms in total. The molecule has 2 aliphatic carbocycles. The topological polar surface area (TPSA) is 264 Å². The van der Waals surface area contributed by atoms with Crippen molar-refractivity contribution < 1.29 is 68.3 Å². The number of benzene rings is 4. The maximum absolute atomic E-state index is 14.1. The number of fused-ring (bicyclic) bond motifs is 2. The van der Waals surface area contributed by atoms with Gasteiger partial charge in [-0.1, -0.05) is 152 Å². The summed E-state index contributed by atoms with van der Waals surface area (Å²) in [5.41, 5.74) is -6.27. The van der Waals surface area contributed by atoms with Crippen LogP contribution in [-0.4, -0.2) is 133 Å². The second-order valence-electron chi connectivity index (χ2n) is 28.3. The van der Waals surface area contributed by atoms with Gasteiger partial charge in [-0.05, 0) is 110 Å². The number of nitrogens with zero attached hydrogens (tertiary/aromatic N) is 8. The Morgan fingerprint density at radius 1 is 0.577 bits per heavy atom. The number of aromatic nitrogens is 8. The molecule has 8 atom stereocenters. The zero-order valence-electron chi connectivity index (χ0n) is 56.5. The molecule has 2 amide bonds. The molecule has 2 aliphatic heterocycles. The fraction of sp³-hybridized carbons (Fsp3) is 0.478. The molecule has 0 bridgehead atoms. The van der Waals surface area contributed by atoms with Crippen LogP contribution in [0.4, 0.5) is 24.8 Å². The Labute approximate surface area is 564 Å². The molecule has 97 heavy (non-hydrogen) atoms. The van der Waals surface area contributed by atoms with E-state index >= 15 is 0 Å². The van der Waals surface area contributed by atoms with Crippen molar-refractivity contribution >= 4 is 72.5 Å². The molecular formula is C69H85F3N10O12SSi2. The lowest BCUT2D eigenvalue weighted by molar-refractivity contribution is -0.184. The van der Waals surface area contributed by atoms with Crippen LogP contribution in [0.15, 0.2) is 147 Å². The van der Waals surface area contributed by atoms with Crippen LogP contribution < -0.4 is 10.6 Å². The van der Waals surface area contributed by atoms with Crippen molar-refractivity contribution in [2.45, 2.75) is 208 Å². The molecule has 518 valence electrons. The normalized spacial score (nSPS) is 24.0. The summed E-state index contributed by atoms with van der Waals surface area (Å²) in [6.07, 6.45) is 1.30. The van der Waals surface area contributed by atoms with Crippen LogP contribution in [0.25, 0.3) is 22.3 Å². The number of hydrogen-bond donors (Lipinski definition) is 3. The van der Waals surface area contributed by atoms with Crippen LogP contribution in [0.5, 0.6) is 0 Å². The summed E-state index contributed by atoms with van der Waals surface area (Å²) in [7, 11) is -11.0. The minimum Gasteiger partial charge on any atom is -0.408 e. The summed E-state index contributed by atoms with van der Waals surface area (Å²) in [6.45, 7) is 25.7. The van der Waals surface area contributed by atoms with Gasteiger partial charge in [-0.3, -0.25) is 22.9 Å². The zero-order valence-corrected chi connectivity index (χ0v) is 59.4. The Bertz CT molecular complexity index is 4220. The standard InChI is InChI=1S/C35H42F3N5O7SSi.C34H43N5O5Si/c1-7-34(33(18-19-33)50-52(5,6)32(2,3)4)27(47-20-23-14-10-8-11-15-23)26(49-51(45,46)35(36,37)38)31(48-34)43-22-41-25-28(39-21-40-29(25)43)42-30(44)24-16-12-9-13-17-24;1-7-34(33(18-19-33)44-45(5,6)32(2,3)4)27(42-20-23-14-10-8-11-15-23)26(40)31(43-34)39-22-37-25-28(35-21-36-29(25)39)38-30(41)24-16-12-9-13-17-24/h8-17,21-22,26-27,31H,7,18-20H2,1-6H3,(H,39,40,42,44);8-17,21-22,26-27,31,40H,7,18-20H2,1-6H3,(H,35,36,38,41)/t2*26?,27-,31-,34-/m11/s1. The van der Waals surface area contributed by atoms with Crippen molar-refractivity contribution in [2.24, 2.45) is 0 Å². The van der Waals surface area contributed by atoms with Crippen molar-refractivity contribution in [1.82, 2.24) is 39.0 Å². The Balaban J connectivity index is 0.000000199. The number of carbonyl (C=O) groups is 2. The maximum Gasteiger partial charge on any atom is 0.523 e. The zero-order chi connectivity index (χ0) is 69.8. The number of alkyl halides is 3. The highest BCUT2D eigenvalue weighted by atomic mass is 32.2. The first-order chi connectivity index (χ1) is 45.8. The molecule has 2 saturated heterocycles. The lowest BCUT2D eigenvalue weighted by Crippen LogP contribution is -2.60. The van der Waals surface area contributed by atoms with Gasteiger partial charge in [-0.25, -0.2) is 29.9 Å². The Morgan fingerprint density at radius 3 is 1.33 bits per heavy atom. The van der Waals surface area contributed by atoms with E-state index in [0.29, 0.717) is 53.7 Å². The van der Waals surface area contributed by atoms with E-state index in [1.807, 2.05) is 42.5 Å². The second-order valence-corrected chi connectivity index (χ2v) is 39.3. The molecular weight excluding hydrogens is 1310 g/mol. The molecule has 8 aromatic rings. The lowest BCUT2D eigenvalue weighted by Gasteiger charge is -2.47. The number of aliphatic hydroxyl groups excluding tert-OH is 1. The Kier molecular flexibility index (Phi) is 19.6. The number of rotatable bonds is 22. The minimum atomic E-state index is -6.19. The third kappa shape index (κ3) is 13.7. The van der Waals surface area contributed by atoms with Gasteiger partial charge in [0, 0.05) is 11.1 Å². The maximum atomic E-state index is 14.1. The first kappa shape index (κ1) is 71.1. The molecule has 4 fully saturated rings. The van der Waals surface area contributed by atoms with E-state index in [0.717, 1.165) is 24.7 Å². The summed E-state index contributed by atoms with van der Waals surface area (Å²) in [4.78, 5) is 52.3. The Morgan fingerprint density at radius 2 is 0.948 bits per heavy atom. The fourth-order valence-electron chi connectivity index (χ4n) is 12.7. The van der Waals surface area contributed by atoms with Crippen LogP contribution in [0.3, 0.4) is 0 Å². The quantitative estimate of drug-likeness (QED) is 0.0323. The molecule has 2 saturated carbocycles. The van der Waals surface area contributed by atoms with Crippen molar-refractivity contribution in [3.63, 3.8) is 0 Å². The molecule has 12 rings (SSSR count). The van der Waals surface area contributed by atoms with Crippen LogP contribution >= 0.6 is 0 Å². The molecule has 4 aromatic heterocycles. The van der Waals surface area contributed by atoms with E-state index in [9.17, 15) is 36.3 Å². The van der Waals surface area contributed by atoms with Gasteiger partial charge < -0.3 is 43.5 Å². The third-order valence-electron chi connectivity index (χ3n) is 20.1. The molecule has 4 aliphatic rings. The van der Waals surface area contributed by atoms with Crippen LogP contribution in [-0.2, 0) is 55.3 Å². The molecule has 2 unspecified atom stereocenters. The number of anilines is 2. The third-order valence-corrected chi connectivity index (χ3v) is 30.2. The number of imidazole rings is 2. The highest BCUT2D eigenvalue weighted by molar-refractivity contribution is 7.87. The first-order valence-corrected chi connectivity index (χ1v) is 39.8. The average Bonchev–Trinajstić information content (AvgIpc) is 1.54. The lowest BCUT2D eigenvalue weighted by atomic mass is 9.84. The van der Waals surface area contributed by atoms with Crippen molar-refractivity contribution in [3.8, 4) is 0 Å².